The first-order valence-electron chi connectivity index (χ1n) is 3.14. The molecule has 1 heterocycles. The molecule has 0 N–H and O–H groups in total. The van der Waals surface area contributed by atoms with Gasteiger partial charge >= 0.3 is 0 Å². The van der Waals surface area contributed by atoms with Crippen molar-refractivity contribution in [1.29, 1.82) is 0 Å². The summed E-state index contributed by atoms with van der Waals surface area (Å²) < 4.78 is 21.5. The van der Waals surface area contributed by atoms with E-state index in [-0.39, 0.29) is 0 Å². The van der Waals surface area contributed by atoms with E-state index in [1.807, 2.05) is 0 Å². The molecule has 0 aromatic carbocycles. The summed E-state index contributed by atoms with van der Waals surface area (Å²) >= 11 is 0. The Morgan fingerprint density at radius 3 is 2.00 bits per heavy atom. The van der Waals surface area contributed by atoms with Crippen LogP contribution in [0.5, 0.6) is 0 Å². The normalized spacial score (nSPS) is 28.1. The van der Waals surface area contributed by atoms with Crippen LogP contribution in [0.2, 0.25) is 0 Å². The maximum Gasteiger partial charge on any atom is 0.150 e. The highest BCUT2D eigenvalue weighted by Crippen LogP contribution is 2.16. The van der Waals surface area contributed by atoms with Crippen LogP contribution >= 0.6 is 0 Å². The molecule has 0 aromatic rings. The molecule has 1 fully saturated rings. The van der Waals surface area contributed by atoms with Crippen LogP contribution < -0.4 is 0 Å². The first-order valence-corrected chi connectivity index (χ1v) is 4.96. The van der Waals surface area contributed by atoms with Gasteiger partial charge in [-0.3, -0.25) is 0 Å². The molecular weight excluding hydrogens is 136 g/mol. The average molecular weight is 147 g/mol. The first kappa shape index (κ1) is 7.06. The molecule has 53 valence electrons. The Morgan fingerprint density at radius 2 is 1.67 bits per heavy atom. The third-order valence-electron chi connectivity index (χ3n) is 1.67. The fraction of sp³-hybridized carbons (Fsp3) is 0.833. The zero-order chi connectivity index (χ0) is 6.91. The summed E-state index contributed by atoms with van der Waals surface area (Å²) in [7, 11) is -2.66. The van der Waals surface area contributed by atoms with Gasteiger partial charge in [-0.2, -0.15) is 0 Å². The van der Waals surface area contributed by atoms with Gasteiger partial charge in [0.05, 0.1) is 11.5 Å². The Morgan fingerprint density at radius 1 is 1.22 bits per heavy atom. The number of rotatable bonds is 0. The van der Waals surface area contributed by atoms with E-state index in [4.69, 9.17) is 0 Å². The Bertz CT molecular complexity index is 167. The Hall–Kier alpha value is -0.0500. The van der Waals surface area contributed by atoms with E-state index in [1.165, 1.54) is 0 Å². The second kappa shape index (κ2) is 2.29. The third-order valence-corrected chi connectivity index (χ3v) is 3.39. The smallest absolute Gasteiger partial charge is 0.150 e. The molecule has 1 rings (SSSR count). The second-order valence-corrected chi connectivity index (χ2v) is 4.90. The maximum atomic E-state index is 10.8. The van der Waals surface area contributed by atoms with Crippen LogP contribution in [-0.2, 0) is 9.84 Å². The van der Waals surface area contributed by atoms with Crippen molar-refractivity contribution < 1.29 is 8.42 Å². The van der Waals surface area contributed by atoms with Gasteiger partial charge in [-0.05, 0) is 18.8 Å². The van der Waals surface area contributed by atoms with E-state index in [1.54, 1.807) is 0 Å². The summed E-state index contributed by atoms with van der Waals surface area (Å²) in [6.07, 6.45) is 1.50. The van der Waals surface area contributed by atoms with Crippen LogP contribution in [0.3, 0.4) is 0 Å². The Kier molecular flexibility index (Phi) is 1.80. The molecule has 0 bridgehead atoms. The lowest BCUT2D eigenvalue weighted by molar-refractivity contribution is 0.532. The molecule has 0 spiro atoms. The zero-order valence-corrected chi connectivity index (χ0v) is 6.15. The van der Waals surface area contributed by atoms with Gasteiger partial charge in [-0.25, -0.2) is 8.42 Å². The lowest BCUT2D eigenvalue weighted by atomic mass is 10.1. The SMILES string of the molecule is [CH2]C1CCS(=O)(=O)CC1. The summed E-state index contributed by atoms with van der Waals surface area (Å²) in [6, 6.07) is 0. The molecule has 0 amide bonds. The zero-order valence-electron chi connectivity index (χ0n) is 5.34. The predicted molar refractivity (Wildman–Crippen MR) is 36.7 cm³/mol. The molecular formula is C6H11O2S. The lowest BCUT2D eigenvalue weighted by Gasteiger charge is -2.16. The first-order chi connectivity index (χ1) is 4.10. The van der Waals surface area contributed by atoms with E-state index in [2.05, 4.69) is 6.92 Å². The summed E-state index contributed by atoms with van der Waals surface area (Å²) in [6.45, 7) is 3.80. The van der Waals surface area contributed by atoms with Crippen molar-refractivity contribution >= 4 is 9.84 Å². The van der Waals surface area contributed by atoms with Crippen LogP contribution in [0.4, 0.5) is 0 Å². The highest BCUT2D eigenvalue weighted by molar-refractivity contribution is 7.91. The molecule has 1 aliphatic rings. The molecule has 0 unspecified atom stereocenters. The standard InChI is InChI=1S/C6H11O2S/c1-6-2-4-9(7,8)5-3-6/h6H,1-5H2. The number of hydrogen-bond donors (Lipinski definition) is 0. The Labute approximate surface area is 56.2 Å². The van der Waals surface area contributed by atoms with Crippen molar-refractivity contribution in [3.63, 3.8) is 0 Å². The van der Waals surface area contributed by atoms with Gasteiger partial charge in [-0.15, -0.1) is 0 Å². The Balaban J connectivity index is 2.55. The minimum Gasteiger partial charge on any atom is -0.229 e. The van der Waals surface area contributed by atoms with Crippen molar-refractivity contribution in [2.45, 2.75) is 12.8 Å². The molecule has 0 atom stereocenters. The molecule has 1 saturated heterocycles. The van der Waals surface area contributed by atoms with E-state index >= 15 is 0 Å². The van der Waals surface area contributed by atoms with Gasteiger partial charge < -0.3 is 0 Å². The van der Waals surface area contributed by atoms with Crippen LogP contribution in [0, 0.1) is 12.8 Å². The molecule has 1 aliphatic heterocycles. The van der Waals surface area contributed by atoms with Crippen LogP contribution in [-0.4, -0.2) is 19.9 Å². The van der Waals surface area contributed by atoms with Gasteiger partial charge in [0.1, 0.15) is 9.84 Å². The highest BCUT2D eigenvalue weighted by Gasteiger charge is 2.19. The molecule has 2 nitrogen and oxygen atoms in total. The lowest BCUT2D eigenvalue weighted by Crippen LogP contribution is -2.21. The average Bonchev–Trinajstić information content (AvgIpc) is 1.78. The van der Waals surface area contributed by atoms with Gasteiger partial charge in [0.15, 0.2) is 0 Å². The number of hydrogen-bond acceptors (Lipinski definition) is 2. The molecule has 9 heavy (non-hydrogen) atoms. The molecule has 0 saturated carbocycles. The van der Waals surface area contributed by atoms with Gasteiger partial charge in [0.25, 0.3) is 0 Å². The summed E-state index contributed by atoms with van der Waals surface area (Å²) in [5.41, 5.74) is 0. The van der Waals surface area contributed by atoms with Crippen molar-refractivity contribution in [2.75, 3.05) is 11.5 Å². The number of sulfone groups is 1. The van der Waals surface area contributed by atoms with Crippen LogP contribution in [0.15, 0.2) is 0 Å². The van der Waals surface area contributed by atoms with E-state index in [9.17, 15) is 8.42 Å². The van der Waals surface area contributed by atoms with Crippen molar-refractivity contribution in [1.82, 2.24) is 0 Å². The van der Waals surface area contributed by atoms with Gasteiger partial charge in [-0.1, -0.05) is 6.92 Å². The quantitative estimate of drug-likeness (QED) is 0.504. The highest BCUT2D eigenvalue weighted by atomic mass is 32.2. The van der Waals surface area contributed by atoms with Crippen molar-refractivity contribution in [3.8, 4) is 0 Å². The minimum absolute atomic E-state index is 0.348. The monoisotopic (exact) mass is 147 g/mol. The molecule has 3 heteroatoms. The molecule has 0 aliphatic carbocycles. The van der Waals surface area contributed by atoms with Crippen LogP contribution in [0.1, 0.15) is 12.8 Å². The second-order valence-electron chi connectivity index (χ2n) is 2.60. The fourth-order valence-electron chi connectivity index (χ4n) is 0.939. The largest absolute Gasteiger partial charge is 0.229 e. The predicted octanol–water partition coefficient (Wildman–Crippen LogP) is 0.645. The van der Waals surface area contributed by atoms with Gasteiger partial charge in [0, 0.05) is 0 Å². The van der Waals surface area contributed by atoms with Gasteiger partial charge in [0.2, 0.25) is 0 Å². The summed E-state index contributed by atoms with van der Waals surface area (Å²) in [5.74, 6) is 1.07. The van der Waals surface area contributed by atoms with E-state index in [0.29, 0.717) is 17.4 Å². The van der Waals surface area contributed by atoms with E-state index in [0.717, 1.165) is 12.8 Å². The topological polar surface area (TPSA) is 34.1 Å². The minimum atomic E-state index is -2.66. The van der Waals surface area contributed by atoms with Crippen molar-refractivity contribution in [3.05, 3.63) is 6.92 Å². The third kappa shape index (κ3) is 1.97. The molecule has 1 radical (unpaired) electrons. The molecule has 0 aromatic heterocycles. The van der Waals surface area contributed by atoms with Crippen LogP contribution in [0.25, 0.3) is 0 Å². The van der Waals surface area contributed by atoms with E-state index < -0.39 is 9.84 Å². The summed E-state index contributed by atoms with van der Waals surface area (Å²) in [4.78, 5) is 0. The van der Waals surface area contributed by atoms with Crippen molar-refractivity contribution in [2.24, 2.45) is 5.92 Å². The fourth-order valence-corrected chi connectivity index (χ4v) is 2.53. The maximum absolute atomic E-state index is 10.8. The summed E-state index contributed by atoms with van der Waals surface area (Å²) in [5, 5.41) is 0.